The molecular weight excluding hydrogens is 928 g/mol. The van der Waals surface area contributed by atoms with Crippen LogP contribution >= 0.6 is 23.4 Å². The van der Waals surface area contributed by atoms with Crippen molar-refractivity contribution in [1.29, 1.82) is 5.26 Å². The van der Waals surface area contributed by atoms with Crippen LogP contribution in [0.1, 0.15) is 138 Å². The number of aromatic amines is 1. The highest BCUT2D eigenvalue weighted by atomic mass is 35.5. The van der Waals surface area contributed by atoms with E-state index in [9.17, 15) is 9.59 Å². The molecule has 2 saturated heterocycles. The Bertz CT molecular complexity index is 2500. The number of ether oxygens (including phenoxy) is 2. The molecule has 1 unspecified atom stereocenters. The fourth-order valence-corrected chi connectivity index (χ4v) is 11.3. The first-order valence-electron chi connectivity index (χ1n) is 25.9. The zero-order valence-electron chi connectivity index (χ0n) is 45.6. The molecule has 5 aromatic rings. The van der Waals surface area contributed by atoms with Gasteiger partial charge in [-0.1, -0.05) is 94.7 Å². The second-order valence-corrected chi connectivity index (χ2v) is 20.3. The van der Waals surface area contributed by atoms with Crippen LogP contribution in [0.4, 0.5) is 5.95 Å². The van der Waals surface area contributed by atoms with Crippen LogP contribution in [-0.2, 0) is 7.05 Å². The number of nitriles is 1. The largest absolute Gasteiger partial charge is 0.490 e. The molecule has 1 spiro atoms. The van der Waals surface area contributed by atoms with Crippen molar-refractivity contribution < 1.29 is 14.3 Å². The third-order valence-electron chi connectivity index (χ3n) is 13.4. The summed E-state index contributed by atoms with van der Waals surface area (Å²) in [5, 5.41) is 10.2. The summed E-state index contributed by atoms with van der Waals surface area (Å²) in [5.41, 5.74) is 8.84. The van der Waals surface area contributed by atoms with Crippen molar-refractivity contribution in [2.75, 3.05) is 50.9 Å². The molecule has 1 atom stereocenters. The van der Waals surface area contributed by atoms with Gasteiger partial charge in [0.05, 0.1) is 22.3 Å². The molecule has 12 nitrogen and oxygen atoms in total. The molecule has 0 bridgehead atoms. The second kappa shape index (κ2) is 28.4. The van der Waals surface area contributed by atoms with E-state index in [-0.39, 0.29) is 28.6 Å². The minimum atomic E-state index is -0.0253. The smallest absolute Gasteiger partial charge is 0.274 e. The Hall–Kier alpha value is -4.87. The van der Waals surface area contributed by atoms with E-state index in [4.69, 9.17) is 26.3 Å². The summed E-state index contributed by atoms with van der Waals surface area (Å²) in [4.78, 5) is 41.6. The fraction of sp³-hybridized carbons (Fsp3) is 0.561. The number of nitrogens with zero attached hydrogens (tertiary/aromatic N) is 6. The third-order valence-corrected chi connectivity index (χ3v) is 14.4. The maximum atomic E-state index is 12.6. The number of aromatic nitrogens is 4. The van der Waals surface area contributed by atoms with E-state index in [1.165, 1.54) is 31.2 Å². The second-order valence-electron chi connectivity index (χ2n) is 19.0. The highest BCUT2D eigenvalue weighted by molar-refractivity contribution is 7.98. The summed E-state index contributed by atoms with van der Waals surface area (Å²) in [7, 11) is 3.30. The predicted octanol–water partition coefficient (Wildman–Crippen LogP) is 13.1. The number of aryl methyl sites for hydroxylation is 1. The number of aldehydes is 1. The van der Waals surface area contributed by atoms with Gasteiger partial charge in [0.1, 0.15) is 29.2 Å². The number of nitrogens with two attached hydrogens (primary N) is 1. The first-order valence-corrected chi connectivity index (χ1v) is 27.5. The van der Waals surface area contributed by atoms with Crippen LogP contribution in [0.2, 0.25) is 5.02 Å². The predicted molar refractivity (Wildman–Crippen MR) is 299 cm³/mol. The molecule has 4 aliphatic rings. The number of hydrogen-bond acceptors (Lipinski definition) is 11. The van der Waals surface area contributed by atoms with Crippen LogP contribution in [0, 0.1) is 33.5 Å². The molecule has 0 amide bonds. The van der Waals surface area contributed by atoms with Gasteiger partial charge in [-0.2, -0.15) is 5.26 Å². The lowest BCUT2D eigenvalue weighted by atomic mass is 9.53. The molecule has 3 aromatic heterocycles. The van der Waals surface area contributed by atoms with Crippen LogP contribution in [-0.4, -0.2) is 88.9 Å². The number of likely N-dealkylation sites (tertiary alicyclic amines) is 1. The molecule has 2 aliphatic carbocycles. The van der Waals surface area contributed by atoms with Crippen molar-refractivity contribution in [1.82, 2.24) is 24.4 Å². The lowest BCUT2D eigenvalue weighted by Gasteiger charge is -2.56. The average molecular weight is 1010 g/mol. The third kappa shape index (κ3) is 14.9. The van der Waals surface area contributed by atoms with E-state index in [2.05, 4.69) is 82.6 Å². The number of thioether (sulfide) groups is 1. The monoisotopic (exact) mass is 1010 g/mol. The molecular formula is C57H85ClN8O4S. The van der Waals surface area contributed by atoms with Crippen molar-refractivity contribution >= 4 is 46.5 Å². The standard InChI is InChI=1S/C33H38N6O3S.C15H18ClNO.4C2H6.CH5N/c1-37-18-28(26-5-9-34-30(26)31(37)41)27-15-25(43-2)3-4-29(27)42-24-13-22(14-24)6-10-38-11-7-33(20-38)8-12-39(21-33)32-35-16-23(19-40)17-36-32;1-14(2)9-15(3,4)13(14)18-11-6-5-10(8-17)12(16)7-11;5*1-2/h3-5,9,15-19,22,24,34H,6-8,10-14,20-21H2,1-2H3;5-7,13H,9H2,1-4H3;4*1-2H3;2H2,1H3. The van der Waals surface area contributed by atoms with Gasteiger partial charge in [-0.3, -0.25) is 9.59 Å². The number of hydrogen-bond donors (Lipinski definition) is 2. The Balaban J connectivity index is 0.000000398. The van der Waals surface area contributed by atoms with Crippen molar-refractivity contribution in [2.24, 2.45) is 34.9 Å². The van der Waals surface area contributed by atoms with E-state index in [0.717, 1.165) is 92.2 Å². The molecule has 390 valence electrons. The lowest BCUT2D eigenvalue weighted by molar-refractivity contribution is -0.133. The van der Waals surface area contributed by atoms with Gasteiger partial charge in [-0.05, 0) is 107 Å². The average Bonchev–Trinajstić information content (AvgIpc) is 4.16. The summed E-state index contributed by atoms with van der Waals surface area (Å²) in [6, 6.07) is 15.7. The van der Waals surface area contributed by atoms with Gasteiger partial charge in [0.15, 0.2) is 6.29 Å². The highest BCUT2D eigenvalue weighted by Crippen LogP contribution is 2.55. The van der Waals surface area contributed by atoms with E-state index >= 15 is 0 Å². The summed E-state index contributed by atoms with van der Waals surface area (Å²) in [5.74, 6) is 3.06. The van der Waals surface area contributed by atoms with Gasteiger partial charge in [-0.15, -0.1) is 11.8 Å². The Morgan fingerprint density at radius 3 is 2.14 bits per heavy atom. The van der Waals surface area contributed by atoms with Gasteiger partial charge >= 0.3 is 0 Å². The number of anilines is 1. The quantitative estimate of drug-likeness (QED) is 0.0959. The summed E-state index contributed by atoms with van der Waals surface area (Å²) in [6.07, 6.45) is 17.2. The zero-order chi connectivity index (χ0) is 53.1. The van der Waals surface area contributed by atoms with Gasteiger partial charge in [0, 0.05) is 95.2 Å². The first kappa shape index (κ1) is 60.4. The van der Waals surface area contributed by atoms with Gasteiger partial charge in [-0.25, -0.2) is 9.97 Å². The van der Waals surface area contributed by atoms with Gasteiger partial charge in [0.25, 0.3) is 5.56 Å². The fourth-order valence-electron chi connectivity index (χ4n) is 10.6. The number of pyridine rings is 1. The summed E-state index contributed by atoms with van der Waals surface area (Å²) < 4.78 is 14.3. The zero-order valence-corrected chi connectivity index (χ0v) is 47.2. The van der Waals surface area contributed by atoms with Crippen LogP contribution < -0.4 is 25.7 Å². The van der Waals surface area contributed by atoms with Gasteiger partial charge in [0.2, 0.25) is 5.95 Å². The summed E-state index contributed by atoms with van der Waals surface area (Å²) >= 11 is 7.72. The van der Waals surface area contributed by atoms with Crippen molar-refractivity contribution in [3.63, 3.8) is 0 Å². The highest BCUT2D eigenvalue weighted by Gasteiger charge is 2.55. The number of fused-ring (bicyclic) bond motifs is 1. The van der Waals surface area contributed by atoms with Crippen LogP contribution in [0.3, 0.4) is 0 Å². The first-order chi connectivity index (χ1) is 34.2. The van der Waals surface area contributed by atoms with Crippen molar-refractivity contribution in [2.45, 2.75) is 139 Å². The molecule has 3 N–H and O–H groups in total. The number of benzene rings is 2. The molecule has 71 heavy (non-hydrogen) atoms. The van der Waals surface area contributed by atoms with E-state index in [1.807, 2.05) is 86.0 Å². The van der Waals surface area contributed by atoms with Crippen LogP contribution in [0.15, 0.2) is 76.9 Å². The minimum absolute atomic E-state index is 0.0253. The van der Waals surface area contributed by atoms with Crippen molar-refractivity contribution in [3.05, 3.63) is 93.8 Å². The van der Waals surface area contributed by atoms with Gasteiger partial charge < -0.3 is 34.6 Å². The number of carbonyl (C=O) groups excluding carboxylic acids is 1. The number of nitrogens with one attached hydrogen (secondary N) is 1. The molecule has 2 saturated carbocycles. The number of halogens is 1. The number of H-pyrrole nitrogens is 1. The molecule has 14 heteroatoms. The maximum absolute atomic E-state index is 12.6. The number of carbonyl (C=O) groups is 1. The van der Waals surface area contributed by atoms with E-state index in [1.54, 1.807) is 47.9 Å². The molecule has 5 heterocycles. The SMILES string of the molecule is CC.CC.CC.CC.CC1(C)CC(C)(C)C1Oc1ccc(C#N)c(Cl)c1.CN.CSc1ccc(OC2CC(CCN3CCC4(CCN(c5ncc(C=O)cn5)C4)C3)C2)c(-c2cn(C)c(=O)c3[nH]ccc23)c1. The van der Waals surface area contributed by atoms with Crippen LogP contribution in [0.5, 0.6) is 11.5 Å². The lowest BCUT2D eigenvalue weighted by Crippen LogP contribution is -2.58. The Morgan fingerprint density at radius 1 is 0.901 bits per heavy atom. The Labute approximate surface area is 435 Å². The van der Waals surface area contributed by atoms with E-state index < -0.39 is 0 Å². The Kier molecular flexibility index (Phi) is 24.2. The normalized spacial score (nSPS) is 20.1. The van der Waals surface area contributed by atoms with Crippen LogP contribution in [0.25, 0.3) is 22.0 Å². The maximum Gasteiger partial charge on any atom is 0.274 e. The molecule has 9 rings (SSSR count). The molecule has 0 radical (unpaired) electrons. The Morgan fingerprint density at radius 2 is 1.55 bits per heavy atom. The van der Waals surface area contributed by atoms with Crippen molar-refractivity contribution in [3.8, 4) is 28.7 Å². The molecule has 2 aliphatic heterocycles. The molecule has 2 aromatic carbocycles. The minimum Gasteiger partial charge on any atom is -0.490 e. The number of rotatable bonds is 11. The topological polar surface area (TPSA) is 155 Å². The molecule has 4 fully saturated rings. The van der Waals surface area contributed by atoms with E-state index in [0.29, 0.717) is 33.0 Å². The summed E-state index contributed by atoms with van der Waals surface area (Å²) in [6.45, 7) is 30.3.